The third-order valence-electron chi connectivity index (χ3n) is 4.26. The zero-order chi connectivity index (χ0) is 12.5. The standard InChI is InChI=1S/C15H21NO2/c1-16(10-11-4-3-9-18-11)14-8-7-13-12(14)5-2-6-15(13)17/h2,5-6,11,14,17H,3-4,7-10H2,1H3. The highest BCUT2D eigenvalue weighted by molar-refractivity contribution is 5.44. The van der Waals surface area contributed by atoms with Crippen LogP contribution in [0.2, 0.25) is 0 Å². The molecule has 0 spiro atoms. The molecule has 0 radical (unpaired) electrons. The van der Waals surface area contributed by atoms with Crippen molar-refractivity contribution in [3.8, 4) is 5.75 Å². The maximum atomic E-state index is 9.87. The van der Waals surface area contributed by atoms with Gasteiger partial charge in [-0.15, -0.1) is 0 Å². The number of nitrogens with zero attached hydrogens (tertiary/aromatic N) is 1. The largest absolute Gasteiger partial charge is 0.508 e. The summed E-state index contributed by atoms with van der Waals surface area (Å²) in [6, 6.07) is 6.34. The number of rotatable bonds is 3. The molecule has 1 heterocycles. The second-order valence-corrected chi connectivity index (χ2v) is 5.47. The van der Waals surface area contributed by atoms with Crippen LogP contribution in [0.3, 0.4) is 0 Å². The van der Waals surface area contributed by atoms with Crippen molar-refractivity contribution >= 4 is 0 Å². The second kappa shape index (κ2) is 4.90. The van der Waals surface area contributed by atoms with Gasteiger partial charge in [-0.25, -0.2) is 0 Å². The van der Waals surface area contributed by atoms with E-state index >= 15 is 0 Å². The van der Waals surface area contributed by atoms with Gasteiger partial charge in [0.25, 0.3) is 0 Å². The second-order valence-electron chi connectivity index (χ2n) is 5.47. The van der Waals surface area contributed by atoms with Crippen molar-refractivity contribution in [1.82, 2.24) is 4.90 Å². The molecule has 0 saturated carbocycles. The maximum absolute atomic E-state index is 9.87. The van der Waals surface area contributed by atoms with Crippen LogP contribution in [-0.2, 0) is 11.2 Å². The summed E-state index contributed by atoms with van der Waals surface area (Å²) in [5.74, 6) is 0.459. The smallest absolute Gasteiger partial charge is 0.119 e. The minimum Gasteiger partial charge on any atom is -0.508 e. The molecule has 1 fully saturated rings. The summed E-state index contributed by atoms with van der Waals surface area (Å²) in [5, 5.41) is 9.87. The first-order valence-corrected chi connectivity index (χ1v) is 6.88. The van der Waals surface area contributed by atoms with Crippen LogP contribution in [0.15, 0.2) is 18.2 Å². The predicted octanol–water partition coefficient (Wildman–Crippen LogP) is 2.49. The highest BCUT2D eigenvalue weighted by atomic mass is 16.5. The van der Waals surface area contributed by atoms with Crippen molar-refractivity contribution in [1.29, 1.82) is 0 Å². The number of phenolic OH excluding ortho intramolecular Hbond substituents is 1. The fraction of sp³-hybridized carbons (Fsp3) is 0.600. The van der Waals surface area contributed by atoms with E-state index in [0.29, 0.717) is 17.9 Å². The summed E-state index contributed by atoms with van der Waals surface area (Å²) >= 11 is 0. The highest BCUT2D eigenvalue weighted by Gasteiger charge is 2.29. The number of likely N-dealkylation sites (N-methyl/N-ethyl adjacent to an activating group) is 1. The van der Waals surface area contributed by atoms with Crippen molar-refractivity contribution in [2.75, 3.05) is 20.2 Å². The molecule has 18 heavy (non-hydrogen) atoms. The Morgan fingerprint density at radius 3 is 3.06 bits per heavy atom. The molecule has 1 aliphatic carbocycles. The van der Waals surface area contributed by atoms with E-state index in [4.69, 9.17) is 4.74 Å². The summed E-state index contributed by atoms with van der Waals surface area (Å²) < 4.78 is 5.70. The molecule has 3 rings (SSSR count). The van der Waals surface area contributed by atoms with E-state index < -0.39 is 0 Å². The monoisotopic (exact) mass is 247 g/mol. The SMILES string of the molecule is CN(CC1CCCO1)C1CCc2c(O)cccc21. The van der Waals surface area contributed by atoms with Gasteiger partial charge in [0.05, 0.1) is 6.10 Å². The maximum Gasteiger partial charge on any atom is 0.119 e. The minimum atomic E-state index is 0.399. The van der Waals surface area contributed by atoms with Gasteiger partial charge in [-0.2, -0.15) is 0 Å². The van der Waals surface area contributed by atoms with Crippen LogP contribution >= 0.6 is 0 Å². The summed E-state index contributed by atoms with van der Waals surface area (Å²) in [7, 11) is 2.17. The predicted molar refractivity (Wildman–Crippen MR) is 70.8 cm³/mol. The Hall–Kier alpha value is -1.06. The van der Waals surface area contributed by atoms with Crippen LogP contribution in [0.5, 0.6) is 5.75 Å². The molecule has 3 nitrogen and oxygen atoms in total. The van der Waals surface area contributed by atoms with E-state index in [-0.39, 0.29) is 0 Å². The van der Waals surface area contributed by atoms with Crippen LogP contribution in [-0.4, -0.2) is 36.3 Å². The van der Waals surface area contributed by atoms with E-state index in [0.717, 1.165) is 31.6 Å². The number of hydrogen-bond acceptors (Lipinski definition) is 3. The van der Waals surface area contributed by atoms with Gasteiger partial charge in [-0.3, -0.25) is 4.90 Å². The van der Waals surface area contributed by atoms with Crippen LogP contribution in [0.1, 0.15) is 36.4 Å². The third-order valence-corrected chi connectivity index (χ3v) is 4.26. The fourth-order valence-electron chi connectivity index (χ4n) is 3.31. The first-order chi connectivity index (χ1) is 8.75. The number of hydrogen-bond donors (Lipinski definition) is 1. The molecule has 0 aromatic heterocycles. The summed E-state index contributed by atoms with van der Waals surface area (Å²) in [5.41, 5.74) is 2.44. The normalized spacial score (nSPS) is 26.8. The van der Waals surface area contributed by atoms with Crippen molar-refractivity contribution in [3.05, 3.63) is 29.3 Å². The Balaban J connectivity index is 1.73. The Labute approximate surface area is 108 Å². The summed E-state index contributed by atoms with van der Waals surface area (Å²) in [4.78, 5) is 2.39. The third kappa shape index (κ3) is 2.13. The molecule has 1 aliphatic heterocycles. The molecule has 1 N–H and O–H groups in total. The number of ether oxygens (including phenoxy) is 1. The Morgan fingerprint density at radius 1 is 1.39 bits per heavy atom. The quantitative estimate of drug-likeness (QED) is 0.890. The molecule has 2 aliphatic rings. The first kappa shape index (κ1) is 12.0. The van der Waals surface area contributed by atoms with Gasteiger partial charge in [-0.05, 0) is 49.9 Å². The highest BCUT2D eigenvalue weighted by Crippen LogP contribution is 2.39. The molecule has 1 aromatic carbocycles. The van der Waals surface area contributed by atoms with E-state index in [1.54, 1.807) is 6.07 Å². The molecule has 1 saturated heterocycles. The molecule has 2 unspecified atom stereocenters. The van der Waals surface area contributed by atoms with Gasteiger partial charge in [0, 0.05) is 19.2 Å². The number of aromatic hydroxyl groups is 1. The zero-order valence-electron chi connectivity index (χ0n) is 10.9. The summed E-state index contributed by atoms with van der Waals surface area (Å²) in [6.07, 6.45) is 4.87. The lowest BCUT2D eigenvalue weighted by atomic mass is 10.1. The van der Waals surface area contributed by atoms with Crippen LogP contribution in [0.4, 0.5) is 0 Å². The number of benzene rings is 1. The average molecular weight is 247 g/mol. The summed E-state index contributed by atoms with van der Waals surface area (Å²) in [6.45, 7) is 1.92. The molecule has 2 atom stereocenters. The lowest BCUT2D eigenvalue weighted by Gasteiger charge is -2.27. The molecule has 98 valence electrons. The van der Waals surface area contributed by atoms with Crippen molar-refractivity contribution in [3.63, 3.8) is 0 Å². The number of phenols is 1. The Kier molecular flexibility index (Phi) is 3.27. The minimum absolute atomic E-state index is 0.399. The van der Waals surface area contributed by atoms with Crippen molar-refractivity contribution < 1.29 is 9.84 Å². The zero-order valence-corrected chi connectivity index (χ0v) is 10.9. The number of fused-ring (bicyclic) bond motifs is 1. The van der Waals surface area contributed by atoms with Crippen molar-refractivity contribution in [2.24, 2.45) is 0 Å². The van der Waals surface area contributed by atoms with Gasteiger partial charge < -0.3 is 9.84 Å². The molecular weight excluding hydrogens is 226 g/mol. The van der Waals surface area contributed by atoms with Gasteiger partial charge in [0.1, 0.15) is 5.75 Å². The van der Waals surface area contributed by atoms with Gasteiger partial charge in [0.2, 0.25) is 0 Å². The van der Waals surface area contributed by atoms with E-state index in [2.05, 4.69) is 18.0 Å². The fourth-order valence-corrected chi connectivity index (χ4v) is 3.31. The van der Waals surface area contributed by atoms with E-state index in [1.807, 2.05) is 6.07 Å². The van der Waals surface area contributed by atoms with Gasteiger partial charge in [0.15, 0.2) is 0 Å². The Morgan fingerprint density at radius 2 is 2.28 bits per heavy atom. The molecule has 0 bridgehead atoms. The molecule has 0 amide bonds. The van der Waals surface area contributed by atoms with Crippen LogP contribution < -0.4 is 0 Å². The van der Waals surface area contributed by atoms with E-state index in [9.17, 15) is 5.11 Å². The first-order valence-electron chi connectivity index (χ1n) is 6.88. The van der Waals surface area contributed by atoms with Gasteiger partial charge in [-0.1, -0.05) is 12.1 Å². The molecule has 1 aromatic rings. The lowest BCUT2D eigenvalue weighted by molar-refractivity contribution is 0.0679. The van der Waals surface area contributed by atoms with Crippen LogP contribution in [0.25, 0.3) is 0 Å². The molecule has 3 heteroatoms. The molecular formula is C15H21NO2. The lowest BCUT2D eigenvalue weighted by Crippen LogP contribution is -2.31. The van der Waals surface area contributed by atoms with Crippen LogP contribution in [0, 0.1) is 0 Å². The Bertz CT molecular complexity index is 427. The van der Waals surface area contributed by atoms with E-state index in [1.165, 1.54) is 18.4 Å². The van der Waals surface area contributed by atoms with Crippen molar-refractivity contribution in [2.45, 2.75) is 37.8 Å². The van der Waals surface area contributed by atoms with Gasteiger partial charge >= 0.3 is 0 Å². The average Bonchev–Trinajstić information content (AvgIpc) is 2.98. The topological polar surface area (TPSA) is 32.7 Å².